The molecule has 2 saturated heterocycles. The fourth-order valence-electron chi connectivity index (χ4n) is 8.32. The van der Waals surface area contributed by atoms with Crippen LogP contribution in [0.2, 0.25) is 0 Å². The van der Waals surface area contributed by atoms with E-state index in [2.05, 4.69) is 16.0 Å². The normalized spacial score (nSPS) is 36.1. The summed E-state index contributed by atoms with van der Waals surface area (Å²) in [5.74, 6) is -2.07. The van der Waals surface area contributed by atoms with Gasteiger partial charge in [0.15, 0.2) is 24.7 Å². The van der Waals surface area contributed by atoms with Crippen LogP contribution in [-0.2, 0) is 47.4 Å². The summed E-state index contributed by atoms with van der Waals surface area (Å²) < 4.78 is 53.4. The molecule has 23 heteroatoms. The first-order valence-corrected chi connectivity index (χ1v) is 23.4. The molecule has 3 aliphatic heterocycles. The Morgan fingerprint density at radius 2 is 1.26 bits per heavy atom. The van der Waals surface area contributed by atoms with Crippen LogP contribution in [0.25, 0.3) is 0 Å². The number of hydrogen-bond donors (Lipinski definition) is 10. The molecule has 68 heavy (non-hydrogen) atoms. The first-order valence-electron chi connectivity index (χ1n) is 23.4. The van der Waals surface area contributed by atoms with E-state index >= 15 is 0 Å². The second kappa shape index (κ2) is 24.2. The van der Waals surface area contributed by atoms with Crippen molar-refractivity contribution in [3.8, 4) is 0 Å². The third kappa shape index (κ3) is 16.4. The van der Waals surface area contributed by atoms with E-state index in [1.807, 2.05) is 0 Å². The van der Waals surface area contributed by atoms with Gasteiger partial charge in [0, 0.05) is 19.5 Å². The molecule has 3 fully saturated rings. The molecule has 4 rings (SSSR count). The van der Waals surface area contributed by atoms with Crippen LogP contribution >= 0.6 is 0 Å². The number of nitrogens with one attached hydrogen (secondary N) is 3. The standard InChI is InChI=1S/C45H78N4O19/c1-12-27-31(54)32(55)29(49-42(59)68-45(9,10)11)38(61-27)64-35-28(20-50)62-39(33(35)56)65-36-30(53)22(18-26(52)25(51)15-16-47-40(57)66-43(3,4)5)17-21(2)34(36)63-37-24(14-13-23(19-46)60-37)48-41(58)67-44(6,7)8/h13-14,21-25,27-39,50-51,53-56H,12,15-20,46H2,1-11H3,(H,47,57)(H,48,58)(H,49,59)/t21-,22-,23-,24+,25-,27-,28+,29+,30-,31+,32+,33+,34+,35+,36+,37+,38+,39-/m0/s1. The SMILES string of the molecule is CC[C@@H]1O[C@H](O[C@H]2[C@@H](O)[C@H](O[C@@H]3[C@@H](O)[C@H](CC(=O)[C@@H](O)CCNC(=O)OC(C)(C)C)C[C@H](C)[C@H]3O[C@H]3O[C@H](CN)C=C[C@H]3NC(=O)OC(C)(C)C)O[C@@H]2CO)[C@H](NC(=O)OC(C)(C)C)[C@@H](O)[C@@H]1O. The highest BCUT2D eigenvalue weighted by molar-refractivity contribution is 5.83. The molecule has 0 aromatic heterocycles. The molecular weight excluding hydrogens is 901 g/mol. The monoisotopic (exact) mass is 979 g/mol. The molecule has 4 aliphatic rings. The fourth-order valence-corrected chi connectivity index (χ4v) is 8.32. The number of nitrogens with two attached hydrogens (primary N) is 1. The van der Waals surface area contributed by atoms with Crippen molar-refractivity contribution in [3.63, 3.8) is 0 Å². The first kappa shape index (κ1) is 57.3. The molecule has 23 nitrogen and oxygen atoms in total. The van der Waals surface area contributed by atoms with Crippen LogP contribution in [0, 0.1) is 11.8 Å². The van der Waals surface area contributed by atoms with Crippen LogP contribution in [0.3, 0.4) is 0 Å². The van der Waals surface area contributed by atoms with Gasteiger partial charge >= 0.3 is 18.3 Å². The topological polar surface area (TPSA) is 335 Å². The zero-order valence-electron chi connectivity index (χ0n) is 41.1. The molecule has 11 N–H and O–H groups in total. The van der Waals surface area contributed by atoms with E-state index < -0.39 is 157 Å². The van der Waals surface area contributed by atoms with Gasteiger partial charge in [-0.2, -0.15) is 0 Å². The van der Waals surface area contributed by atoms with Crippen LogP contribution in [0.5, 0.6) is 0 Å². The van der Waals surface area contributed by atoms with E-state index in [0.29, 0.717) is 0 Å². The number of aliphatic hydroxyl groups is 6. The predicted octanol–water partition coefficient (Wildman–Crippen LogP) is 0.355. The highest BCUT2D eigenvalue weighted by Crippen LogP contribution is 2.40. The van der Waals surface area contributed by atoms with Gasteiger partial charge in [0.25, 0.3) is 0 Å². The Kier molecular flexibility index (Phi) is 20.4. The lowest BCUT2D eigenvalue weighted by atomic mass is 9.74. The molecule has 0 bridgehead atoms. The van der Waals surface area contributed by atoms with Crippen molar-refractivity contribution in [2.45, 2.75) is 217 Å². The van der Waals surface area contributed by atoms with Crippen molar-refractivity contribution in [1.82, 2.24) is 16.0 Å². The molecule has 1 saturated carbocycles. The molecule has 0 aromatic carbocycles. The van der Waals surface area contributed by atoms with Gasteiger partial charge in [-0.15, -0.1) is 0 Å². The maximum Gasteiger partial charge on any atom is 0.408 e. The Morgan fingerprint density at radius 3 is 1.84 bits per heavy atom. The summed E-state index contributed by atoms with van der Waals surface area (Å²) in [6, 6.07) is -2.39. The zero-order valence-corrected chi connectivity index (χ0v) is 41.1. The molecule has 0 aromatic rings. The van der Waals surface area contributed by atoms with Crippen LogP contribution < -0.4 is 21.7 Å². The molecule has 0 spiro atoms. The van der Waals surface area contributed by atoms with Crippen molar-refractivity contribution in [2.75, 3.05) is 19.7 Å². The summed E-state index contributed by atoms with van der Waals surface area (Å²) in [6.45, 7) is 17.7. The van der Waals surface area contributed by atoms with E-state index in [0.717, 1.165) is 0 Å². The number of amides is 3. The van der Waals surface area contributed by atoms with Gasteiger partial charge < -0.3 is 95.0 Å². The Labute approximate surface area is 398 Å². The number of hydrogen-bond acceptors (Lipinski definition) is 20. The highest BCUT2D eigenvalue weighted by Gasteiger charge is 2.55. The van der Waals surface area contributed by atoms with Crippen LogP contribution in [0.15, 0.2) is 12.2 Å². The lowest BCUT2D eigenvalue weighted by Gasteiger charge is -2.46. The molecule has 3 heterocycles. The summed E-state index contributed by atoms with van der Waals surface area (Å²) in [5, 5.41) is 75.1. The molecule has 1 aliphatic carbocycles. The third-order valence-corrected chi connectivity index (χ3v) is 11.5. The second-order valence-electron chi connectivity index (χ2n) is 20.8. The van der Waals surface area contributed by atoms with Crippen LogP contribution in [-0.4, -0.2) is 189 Å². The lowest BCUT2D eigenvalue weighted by Crippen LogP contribution is -2.65. The summed E-state index contributed by atoms with van der Waals surface area (Å²) >= 11 is 0. The van der Waals surface area contributed by atoms with E-state index in [9.17, 15) is 49.8 Å². The molecular formula is C45H78N4O19. The maximum absolute atomic E-state index is 13.5. The van der Waals surface area contributed by atoms with Crippen molar-refractivity contribution >= 4 is 24.1 Å². The Balaban J connectivity index is 1.62. The Morgan fingerprint density at radius 1 is 0.706 bits per heavy atom. The Hall–Kier alpha value is -3.30. The predicted molar refractivity (Wildman–Crippen MR) is 238 cm³/mol. The van der Waals surface area contributed by atoms with Gasteiger partial charge in [-0.3, -0.25) is 4.79 Å². The molecule has 18 atom stereocenters. The number of alkyl carbamates (subject to hydrolysis) is 3. The van der Waals surface area contributed by atoms with Gasteiger partial charge in [-0.1, -0.05) is 26.0 Å². The minimum atomic E-state index is -1.76. The quantitative estimate of drug-likeness (QED) is 0.0695. The maximum atomic E-state index is 13.5. The van der Waals surface area contributed by atoms with Gasteiger partial charge in [-0.25, -0.2) is 14.4 Å². The van der Waals surface area contributed by atoms with Crippen LogP contribution in [0.4, 0.5) is 14.4 Å². The summed E-state index contributed by atoms with van der Waals surface area (Å²) in [4.78, 5) is 51.5. The fraction of sp³-hybridized carbons (Fsp3) is 0.867. The van der Waals surface area contributed by atoms with Gasteiger partial charge in [0.1, 0.15) is 71.6 Å². The number of Topliss-reactive ketones (excluding diaryl/α,β-unsaturated/α-hetero) is 1. The summed E-state index contributed by atoms with van der Waals surface area (Å²) in [5.41, 5.74) is 3.41. The Bertz CT molecular complexity index is 1690. The largest absolute Gasteiger partial charge is 0.444 e. The highest BCUT2D eigenvalue weighted by atomic mass is 16.8. The van der Waals surface area contributed by atoms with Crippen molar-refractivity contribution in [2.24, 2.45) is 17.6 Å². The number of ketones is 1. The van der Waals surface area contributed by atoms with Gasteiger partial charge in [-0.05, 0) is 93.4 Å². The average Bonchev–Trinajstić information content (AvgIpc) is 3.51. The minimum Gasteiger partial charge on any atom is -0.444 e. The first-order chi connectivity index (χ1) is 31.5. The van der Waals surface area contributed by atoms with Crippen molar-refractivity contribution in [1.29, 1.82) is 0 Å². The molecule has 0 unspecified atom stereocenters. The zero-order chi connectivity index (χ0) is 51.1. The number of ether oxygens (including phenoxy) is 9. The summed E-state index contributed by atoms with van der Waals surface area (Å²) in [6.07, 6.45) is -18.7. The molecule has 3 amide bonds. The lowest BCUT2D eigenvalue weighted by molar-refractivity contribution is -0.293. The smallest absolute Gasteiger partial charge is 0.408 e. The van der Waals surface area contributed by atoms with Gasteiger partial charge in [0.2, 0.25) is 0 Å². The minimum absolute atomic E-state index is 0.0397. The molecule has 392 valence electrons. The third-order valence-electron chi connectivity index (χ3n) is 11.5. The van der Waals surface area contributed by atoms with Crippen molar-refractivity contribution in [3.05, 3.63) is 12.2 Å². The van der Waals surface area contributed by atoms with Crippen LogP contribution in [0.1, 0.15) is 102 Å². The van der Waals surface area contributed by atoms with Gasteiger partial charge in [0.05, 0.1) is 31.0 Å². The number of carbonyl (C=O) groups excluding carboxylic acids is 4. The van der Waals surface area contributed by atoms with E-state index in [-0.39, 0.29) is 38.8 Å². The number of carbonyl (C=O) groups is 4. The molecule has 0 radical (unpaired) electrons. The number of aliphatic hydroxyl groups excluding tert-OH is 6. The van der Waals surface area contributed by atoms with E-state index in [4.69, 9.17) is 48.4 Å². The summed E-state index contributed by atoms with van der Waals surface area (Å²) in [7, 11) is 0. The van der Waals surface area contributed by atoms with Crippen molar-refractivity contribution < 1.29 is 92.4 Å². The number of rotatable bonds is 17. The second-order valence-corrected chi connectivity index (χ2v) is 20.8. The van der Waals surface area contributed by atoms with E-state index in [1.165, 1.54) is 0 Å². The average molecular weight is 979 g/mol. The van der Waals surface area contributed by atoms with E-state index in [1.54, 1.807) is 88.3 Å².